The Hall–Kier alpha value is -1.17. The van der Waals surface area contributed by atoms with E-state index >= 15 is 0 Å². The van der Waals surface area contributed by atoms with Crippen LogP contribution >= 0.6 is 0 Å². The molecular weight excluding hydrogens is 275 g/mol. The van der Waals surface area contributed by atoms with E-state index in [9.17, 15) is 14.0 Å². The van der Waals surface area contributed by atoms with Crippen LogP contribution in [-0.2, 0) is 14.3 Å². The molecule has 0 aromatic carbocycles. The van der Waals surface area contributed by atoms with Crippen LogP contribution in [0.5, 0.6) is 0 Å². The first-order valence-electron chi connectivity index (χ1n) is 7.69. The molecular formula is C15H23FN2O3. The van der Waals surface area contributed by atoms with Gasteiger partial charge in [0.1, 0.15) is 0 Å². The first-order valence-corrected chi connectivity index (χ1v) is 7.69. The van der Waals surface area contributed by atoms with E-state index in [1.807, 2.05) is 11.8 Å². The predicted molar refractivity (Wildman–Crippen MR) is 74.3 cm³/mol. The lowest BCUT2D eigenvalue weighted by molar-refractivity contribution is -0.139. The van der Waals surface area contributed by atoms with Crippen LogP contribution in [0.15, 0.2) is 0 Å². The van der Waals surface area contributed by atoms with Gasteiger partial charge in [-0.05, 0) is 25.2 Å². The molecule has 2 amide bonds. The highest BCUT2D eigenvalue weighted by Crippen LogP contribution is 2.48. The average molecular weight is 298 g/mol. The van der Waals surface area contributed by atoms with Gasteiger partial charge in [0, 0.05) is 33.3 Å². The van der Waals surface area contributed by atoms with E-state index in [2.05, 4.69) is 0 Å². The van der Waals surface area contributed by atoms with Gasteiger partial charge in [-0.1, -0.05) is 6.92 Å². The maximum Gasteiger partial charge on any atom is 0.260 e. The third-order valence-electron chi connectivity index (χ3n) is 5.38. The van der Waals surface area contributed by atoms with Crippen molar-refractivity contribution in [2.24, 2.45) is 11.3 Å². The molecule has 0 aromatic rings. The summed E-state index contributed by atoms with van der Waals surface area (Å²) < 4.78 is 19.0. The Kier molecular flexibility index (Phi) is 3.47. The van der Waals surface area contributed by atoms with Crippen molar-refractivity contribution in [1.82, 2.24) is 9.80 Å². The summed E-state index contributed by atoms with van der Waals surface area (Å²) in [6, 6.07) is 0. The molecule has 0 radical (unpaired) electrons. The maximum atomic E-state index is 14.0. The van der Waals surface area contributed by atoms with E-state index in [0.29, 0.717) is 45.6 Å². The summed E-state index contributed by atoms with van der Waals surface area (Å²) in [5, 5.41) is 0. The standard InChI is InChI=1S/C15H23FN2O3/c1-11-9-18(13(20)15(16)3-4-15)10-14(11)5-6-17(12(14)19)7-8-21-2/h11H,3-10H2,1-2H3/t11-,14-/m1/s1. The smallest absolute Gasteiger partial charge is 0.260 e. The number of alkyl halides is 1. The highest BCUT2D eigenvalue weighted by Gasteiger charge is 2.60. The molecule has 2 atom stereocenters. The number of likely N-dealkylation sites (tertiary alicyclic amines) is 2. The molecule has 1 spiro atoms. The van der Waals surface area contributed by atoms with E-state index in [1.54, 1.807) is 12.0 Å². The van der Waals surface area contributed by atoms with E-state index in [4.69, 9.17) is 4.74 Å². The summed E-state index contributed by atoms with van der Waals surface area (Å²) in [6.45, 7) is 4.69. The van der Waals surface area contributed by atoms with E-state index in [1.165, 1.54) is 0 Å². The molecule has 3 aliphatic rings. The third-order valence-corrected chi connectivity index (χ3v) is 5.38. The van der Waals surface area contributed by atoms with Crippen molar-refractivity contribution in [2.75, 3.05) is 39.9 Å². The monoisotopic (exact) mass is 298 g/mol. The van der Waals surface area contributed by atoms with Crippen LogP contribution < -0.4 is 0 Å². The predicted octanol–water partition coefficient (Wildman–Crippen LogP) is 0.832. The summed E-state index contributed by atoms with van der Waals surface area (Å²) in [5.74, 6) is -0.218. The maximum absolute atomic E-state index is 14.0. The molecule has 2 saturated heterocycles. The Morgan fingerprint density at radius 1 is 1.43 bits per heavy atom. The number of hydrogen-bond acceptors (Lipinski definition) is 3. The molecule has 118 valence electrons. The number of carbonyl (C=O) groups is 2. The molecule has 2 heterocycles. The lowest BCUT2D eigenvalue weighted by Gasteiger charge is -2.26. The number of nitrogens with zero attached hydrogens (tertiary/aromatic N) is 2. The minimum absolute atomic E-state index is 0.0869. The van der Waals surface area contributed by atoms with E-state index < -0.39 is 17.0 Å². The molecule has 21 heavy (non-hydrogen) atoms. The Morgan fingerprint density at radius 2 is 2.14 bits per heavy atom. The lowest BCUT2D eigenvalue weighted by atomic mass is 9.78. The largest absolute Gasteiger partial charge is 0.383 e. The van der Waals surface area contributed by atoms with Crippen molar-refractivity contribution in [3.05, 3.63) is 0 Å². The van der Waals surface area contributed by atoms with Gasteiger partial charge in [-0.2, -0.15) is 0 Å². The second kappa shape index (κ2) is 4.93. The number of halogens is 1. The molecule has 0 bridgehead atoms. The number of rotatable bonds is 4. The highest BCUT2D eigenvalue weighted by atomic mass is 19.1. The Bertz CT molecular complexity index is 466. The first-order chi connectivity index (χ1) is 9.93. The molecule has 3 rings (SSSR count). The fraction of sp³-hybridized carbons (Fsp3) is 0.867. The molecule has 0 N–H and O–H groups in total. The highest BCUT2D eigenvalue weighted by molar-refractivity contribution is 5.91. The number of amides is 2. The molecule has 5 nitrogen and oxygen atoms in total. The van der Waals surface area contributed by atoms with Crippen LogP contribution in [0.2, 0.25) is 0 Å². The van der Waals surface area contributed by atoms with Crippen molar-refractivity contribution < 1.29 is 18.7 Å². The van der Waals surface area contributed by atoms with Crippen molar-refractivity contribution >= 4 is 11.8 Å². The SMILES string of the molecule is COCCN1CC[C@]2(CN(C(=O)C3(F)CC3)C[C@H]2C)C1=O. The van der Waals surface area contributed by atoms with Gasteiger partial charge >= 0.3 is 0 Å². The van der Waals surface area contributed by atoms with Crippen LogP contribution in [0.25, 0.3) is 0 Å². The van der Waals surface area contributed by atoms with Crippen LogP contribution in [0.4, 0.5) is 4.39 Å². The number of ether oxygens (including phenoxy) is 1. The Morgan fingerprint density at radius 3 is 2.76 bits per heavy atom. The molecule has 6 heteroatoms. The summed E-state index contributed by atoms with van der Waals surface area (Å²) >= 11 is 0. The van der Waals surface area contributed by atoms with Crippen LogP contribution in [0.3, 0.4) is 0 Å². The van der Waals surface area contributed by atoms with Crippen LogP contribution in [-0.4, -0.2) is 67.2 Å². The summed E-state index contributed by atoms with van der Waals surface area (Å²) in [6.07, 6.45) is 1.41. The minimum Gasteiger partial charge on any atom is -0.383 e. The third kappa shape index (κ3) is 2.24. The Labute approximate surface area is 124 Å². The molecule has 1 saturated carbocycles. The number of hydrogen-bond donors (Lipinski definition) is 0. The van der Waals surface area contributed by atoms with Gasteiger partial charge in [0.15, 0.2) is 5.67 Å². The van der Waals surface area contributed by atoms with E-state index in [-0.39, 0.29) is 11.8 Å². The summed E-state index contributed by atoms with van der Waals surface area (Å²) in [7, 11) is 1.62. The van der Waals surface area contributed by atoms with Gasteiger partial charge in [0.2, 0.25) is 5.91 Å². The zero-order chi connectivity index (χ0) is 15.3. The van der Waals surface area contributed by atoms with Gasteiger partial charge in [0.05, 0.1) is 12.0 Å². The van der Waals surface area contributed by atoms with Gasteiger partial charge < -0.3 is 14.5 Å². The van der Waals surface area contributed by atoms with Crippen LogP contribution in [0, 0.1) is 11.3 Å². The zero-order valence-electron chi connectivity index (χ0n) is 12.7. The molecule has 1 aliphatic carbocycles. The topological polar surface area (TPSA) is 49.9 Å². The van der Waals surface area contributed by atoms with Gasteiger partial charge in [-0.25, -0.2) is 4.39 Å². The molecule has 0 aromatic heterocycles. The Balaban J connectivity index is 1.71. The summed E-state index contributed by atoms with van der Waals surface area (Å²) in [5.41, 5.74) is -2.14. The van der Waals surface area contributed by atoms with Crippen molar-refractivity contribution in [3.8, 4) is 0 Å². The fourth-order valence-corrected chi connectivity index (χ4v) is 3.70. The van der Waals surface area contributed by atoms with Gasteiger partial charge in [0.25, 0.3) is 5.91 Å². The lowest BCUT2D eigenvalue weighted by Crippen LogP contribution is -2.42. The molecule has 2 aliphatic heterocycles. The zero-order valence-corrected chi connectivity index (χ0v) is 12.7. The summed E-state index contributed by atoms with van der Waals surface area (Å²) in [4.78, 5) is 28.3. The molecule has 3 fully saturated rings. The average Bonchev–Trinajstić information content (AvgIpc) is 3.02. The first kappa shape index (κ1) is 14.8. The second-order valence-corrected chi connectivity index (χ2v) is 6.74. The van der Waals surface area contributed by atoms with Crippen molar-refractivity contribution in [1.29, 1.82) is 0 Å². The van der Waals surface area contributed by atoms with E-state index in [0.717, 1.165) is 6.42 Å². The minimum atomic E-state index is -1.64. The van der Waals surface area contributed by atoms with Gasteiger partial charge in [-0.15, -0.1) is 0 Å². The van der Waals surface area contributed by atoms with Crippen molar-refractivity contribution in [2.45, 2.75) is 31.9 Å². The van der Waals surface area contributed by atoms with Crippen molar-refractivity contribution in [3.63, 3.8) is 0 Å². The number of methoxy groups -OCH3 is 1. The normalized spacial score (nSPS) is 34.0. The molecule has 0 unspecified atom stereocenters. The van der Waals surface area contributed by atoms with Crippen LogP contribution in [0.1, 0.15) is 26.2 Å². The fourth-order valence-electron chi connectivity index (χ4n) is 3.70. The number of carbonyl (C=O) groups excluding carboxylic acids is 2. The quantitative estimate of drug-likeness (QED) is 0.772. The second-order valence-electron chi connectivity index (χ2n) is 6.74. The van der Waals surface area contributed by atoms with Gasteiger partial charge in [-0.3, -0.25) is 9.59 Å².